The van der Waals surface area contributed by atoms with E-state index in [1.807, 2.05) is 11.8 Å². The molecule has 0 amide bonds. The first-order chi connectivity index (χ1) is 8.88. The second-order valence-corrected chi connectivity index (χ2v) is 7.33. The van der Waals surface area contributed by atoms with E-state index in [9.17, 15) is 0 Å². The Morgan fingerprint density at radius 3 is 2.47 bits per heavy atom. The third-order valence-electron chi connectivity index (χ3n) is 4.02. The monoisotopic (exact) mass is 285 g/mol. The van der Waals surface area contributed by atoms with Gasteiger partial charge in [0.1, 0.15) is 0 Å². The molecule has 0 aromatic rings. The quantitative estimate of drug-likeness (QED) is 0.811. The van der Waals surface area contributed by atoms with Gasteiger partial charge in [-0.25, -0.2) is 0 Å². The normalized spacial score (nSPS) is 26.5. The average molecular weight is 286 g/mol. The van der Waals surface area contributed by atoms with E-state index in [1.54, 1.807) is 0 Å². The Balaban J connectivity index is 2.48. The van der Waals surface area contributed by atoms with Gasteiger partial charge in [0.05, 0.1) is 6.54 Å². The van der Waals surface area contributed by atoms with Crippen LogP contribution in [-0.4, -0.2) is 46.5 Å². The molecule has 0 radical (unpaired) electrons. The van der Waals surface area contributed by atoms with Gasteiger partial charge in [0, 0.05) is 29.9 Å². The van der Waals surface area contributed by atoms with Crippen LogP contribution in [0.25, 0.3) is 0 Å². The molecule has 0 aromatic carbocycles. The zero-order valence-electron chi connectivity index (χ0n) is 13.5. The van der Waals surface area contributed by atoms with Gasteiger partial charge in [-0.15, -0.1) is 0 Å². The van der Waals surface area contributed by atoms with Crippen LogP contribution in [0, 0.1) is 0 Å². The molecule has 4 heteroatoms. The van der Waals surface area contributed by atoms with Gasteiger partial charge in [-0.3, -0.25) is 9.89 Å². The highest BCUT2D eigenvalue weighted by Crippen LogP contribution is 2.24. The first-order valence-corrected chi connectivity index (χ1v) is 8.57. The first-order valence-electron chi connectivity index (χ1n) is 7.59. The predicted molar refractivity (Wildman–Crippen MR) is 88.2 cm³/mol. The minimum Gasteiger partial charge on any atom is -0.360 e. The molecule has 0 bridgehead atoms. The summed E-state index contributed by atoms with van der Waals surface area (Å²) in [5.74, 6) is 1.19. The Morgan fingerprint density at radius 2 is 1.95 bits per heavy atom. The summed E-state index contributed by atoms with van der Waals surface area (Å²) in [6.45, 7) is 15.5. The van der Waals surface area contributed by atoms with E-state index in [0.29, 0.717) is 12.1 Å². The lowest BCUT2D eigenvalue weighted by molar-refractivity contribution is 0.181. The Labute approximate surface area is 123 Å². The van der Waals surface area contributed by atoms with Gasteiger partial charge < -0.3 is 5.32 Å². The fourth-order valence-corrected chi connectivity index (χ4v) is 3.71. The van der Waals surface area contributed by atoms with E-state index in [-0.39, 0.29) is 5.54 Å². The van der Waals surface area contributed by atoms with Gasteiger partial charge in [-0.1, -0.05) is 18.7 Å². The number of nitrogens with one attached hydrogen (secondary N) is 1. The lowest BCUT2D eigenvalue weighted by Gasteiger charge is -2.35. The molecule has 1 saturated heterocycles. The molecule has 0 spiro atoms. The molecule has 1 aliphatic rings. The summed E-state index contributed by atoms with van der Waals surface area (Å²) in [4.78, 5) is 7.25. The molecule has 0 saturated carbocycles. The molecular formula is C15H31N3S. The van der Waals surface area contributed by atoms with Crippen LogP contribution in [0.3, 0.4) is 0 Å². The minimum absolute atomic E-state index is 0.250. The van der Waals surface area contributed by atoms with Crippen LogP contribution in [0.4, 0.5) is 0 Å². The topological polar surface area (TPSA) is 27.6 Å². The molecule has 1 atom stereocenters. The van der Waals surface area contributed by atoms with Crippen molar-refractivity contribution < 1.29 is 0 Å². The lowest BCUT2D eigenvalue weighted by Crippen LogP contribution is -2.48. The molecule has 1 fully saturated rings. The first kappa shape index (κ1) is 16.8. The van der Waals surface area contributed by atoms with E-state index >= 15 is 0 Å². The Kier molecular flexibility index (Phi) is 6.67. The van der Waals surface area contributed by atoms with Crippen molar-refractivity contribution >= 4 is 16.9 Å². The van der Waals surface area contributed by atoms with E-state index in [1.165, 1.54) is 12.2 Å². The summed E-state index contributed by atoms with van der Waals surface area (Å²) in [6, 6.07) is 1.18. The van der Waals surface area contributed by atoms with Crippen molar-refractivity contribution in [2.75, 3.05) is 18.8 Å². The van der Waals surface area contributed by atoms with Gasteiger partial charge >= 0.3 is 0 Å². The third-order valence-corrected chi connectivity index (χ3v) is 4.93. The fraction of sp³-hybridized carbons (Fsp3) is 0.933. The lowest BCUT2D eigenvalue weighted by atomic mass is 9.96. The van der Waals surface area contributed by atoms with Gasteiger partial charge in [0.2, 0.25) is 0 Å². The van der Waals surface area contributed by atoms with Crippen molar-refractivity contribution in [1.82, 2.24) is 10.2 Å². The van der Waals surface area contributed by atoms with E-state index in [2.05, 4.69) is 51.8 Å². The number of nitrogens with zero attached hydrogens (tertiary/aromatic N) is 2. The zero-order valence-corrected chi connectivity index (χ0v) is 14.3. The maximum Gasteiger partial charge on any atom is 0.157 e. The van der Waals surface area contributed by atoms with Crippen molar-refractivity contribution in [3.63, 3.8) is 0 Å². The van der Waals surface area contributed by atoms with E-state index in [4.69, 9.17) is 4.99 Å². The van der Waals surface area contributed by atoms with Crippen LogP contribution >= 0.6 is 11.8 Å². The van der Waals surface area contributed by atoms with Crippen molar-refractivity contribution in [3.05, 3.63) is 0 Å². The van der Waals surface area contributed by atoms with E-state index in [0.717, 1.165) is 24.7 Å². The van der Waals surface area contributed by atoms with Crippen LogP contribution in [-0.2, 0) is 0 Å². The van der Waals surface area contributed by atoms with Crippen molar-refractivity contribution in [2.24, 2.45) is 4.99 Å². The summed E-state index contributed by atoms with van der Waals surface area (Å²) >= 11 is 1.87. The second-order valence-electron chi connectivity index (χ2n) is 6.25. The van der Waals surface area contributed by atoms with Crippen LogP contribution < -0.4 is 5.32 Å². The summed E-state index contributed by atoms with van der Waals surface area (Å²) in [7, 11) is 0. The van der Waals surface area contributed by atoms with Crippen molar-refractivity contribution in [3.8, 4) is 0 Å². The zero-order chi connectivity index (χ0) is 14.5. The van der Waals surface area contributed by atoms with Crippen LogP contribution in [0.15, 0.2) is 4.99 Å². The molecule has 3 nitrogen and oxygen atoms in total. The molecule has 1 aliphatic heterocycles. The number of aliphatic imine (C=N–C) groups is 1. The number of thioether (sulfide) groups is 1. The molecule has 1 rings (SSSR count). The minimum atomic E-state index is 0.250. The molecule has 1 heterocycles. The number of rotatable bonds is 6. The fourth-order valence-electron chi connectivity index (χ4n) is 2.46. The number of hydrogen-bond donors (Lipinski definition) is 1. The predicted octanol–water partition coefficient (Wildman–Crippen LogP) is 3.36. The molecule has 1 N–H and O–H groups in total. The van der Waals surface area contributed by atoms with Crippen LogP contribution in [0.5, 0.6) is 0 Å². The summed E-state index contributed by atoms with van der Waals surface area (Å²) in [5, 5.41) is 4.75. The SMILES string of the molecule is CCC1(C)CCSC(=NCCN(C(C)C)C(C)C)N1. The summed E-state index contributed by atoms with van der Waals surface area (Å²) in [6.07, 6.45) is 2.40. The standard InChI is InChI=1S/C15H31N3S/c1-7-15(6)8-11-19-14(17-15)16-9-10-18(12(2)3)13(4)5/h12-13H,7-11H2,1-6H3,(H,16,17). The smallest absolute Gasteiger partial charge is 0.157 e. The number of amidine groups is 1. The van der Waals surface area contributed by atoms with Gasteiger partial charge in [-0.2, -0.15) is 0 Å². The third kappa shape index (κ3) is 5.35. The average Bonchev–Trinajstić information content (AvgIpc) is 2.34. The Morgan fingerprint density at radius 1 is 1.32 bits per heavy atom. The molecule has 112 valence electrons. The van der Waals surface area contributed by atoms with Gasteiger partial charge in [-0.05, 0) is 47.5 Å². The Bertz CT molecular complexity index is 294. The molecule has 1 unspecified atom stereocenters. The van der Waals surface area contributed by atoms with Gasteiger partial charge in [0.15, 0.2) is 5.17 Å². The van der Waals surface area contributed by atoms with Crippen molar-refractivity contribution in [1.29, 1.82) is 0 Å². The molecule has 0 aromatic heterocycles. The highest BCUT2D eigenvalue weighted by Gasteiger charge is 2.27. The summed E-state index contributed by atoms with van der Waals surface area (Å²) in [5.41, 5.74) is 0.250. The Hall–Kier alpha value is -0.220. The van der Waals surface area contributed by atoms with Crippen LogP contribution in [0.1, 0.15) is 54.4 Å². The second kappa shape index (κ2) is 7.53. The molecule has 0 aliphatic carbocycles. The van der Waals surface area contributed by atoms with Gasteiger partial charge in [0.25, 0.3) is 0 Å². The van der Waals surface area contributed by atoms with E-state index < -0.39 is 0 Å². The van der Waals surface area contributed by atoms with Crippen LogP contribution in [0.2, 0.25) is 0 Å². The highest BCUT2D eigenvalue weighted by molar-refractivity contribution is 8.13. The largest absolute Gasteiger partial charge is 0.360 e. The maximum atomic E-state index is 4.76. The molecular weight excluding hydrogens is 254 g/mol. The van der Waals surface area contributed by atoms with Crippen molar-refractivity contribution in [2.45, 2.75) is 72.0 Å². The molecule has 19 heavy (non-hydrogen) atoms. The summed E-state index contributed by atoms with van der Waals surface area (Å²) < 4.78 is 0. The highest BCUT2D eigenvalue weighted by atomic mass is 32.2. The maximum absolute atomic E-state index is 4.76. The number of hydrogen-bond acceptors (Lipinski definition) is 3.